The fourth-order valence-electron chi connectivity index (χ4n) is 4.55. The molecule has 0 saturated carbocycles. The normalized spacial score (nSPS) is 14.0. The van der Waals surface area contributed by atoms with Crippen molar-refractivity contribution in [3.05, 3.63) is 94.0 Å². The predicted octanol–water partition coefficient (Wildman–Crippen LogP) is 6.24. The topological polar surface area (TPSA) is 36.4 Å². The number of aryl methyl sites for hydroxylation is 1. The van der Waals surface area contributed by atoms with E-state index in [1.54, 1.807) is 0 Å². The molecular weight excluding hydrogens is 474 g/mol. The number of amides is 1. The average molecular weight is 500 g/mol. The highest BCUT2D eigenvalue weighted by Crippen LogP contribution is 2.29. The van der Waals surface area contributed by atoms with E-state index in [2.05, 4.69) is 52.9 Å². The van der Waals surface area contributed by atoms with Gasteiger partial charge in [-0.1, -0.05) is 58.4 Å². The standard InChI is InChI=1S/C28H26BrN3O/c1-19-7-5-12-27(20(19)2)31-13-15-32(16-14-31)28(33)24-18-26(21-8-6-9-22(29)17-21)30-25-11-4-3-10-23(24)25/h3-12,17-18H,13-16H2,1-2H3. The number of hydrogen-bond acceptors (Lipinski definition) is 3. The number of anilines is 1. The maximum Gasteiger partial charge on any atom is 0.254 e. The van der Waals surface area contributed by atoms with E-state index in [-0.39, 0.29) is 5.91 Å². The number of pyridine rings is 1. The molecule has 0 spiro atoms. The van der Waals surface area contributed by atoms with Crippen molar-refractivity contribution in [2.75, 3.05) is 31.1 Å². The number of aromatic nitrogens is 1. The Bertz CT molecular complexity index is 1340. The van der Waals surface area contributed by atoms with Gasteiger partial charge in [-0.15, -0.1) is 0 Å². The first-order valence-electron chi connectivity index (χ1n) is 11.3. The molecule has 0 atom stereocenters. The van der Waals surface area contributed by atoms with Crippen molar-refractivity contribution < 1.29 is 4.79 Å². The lowest BCUT2D eigenvalue weighted by Crippen LogP contribution is -2.49. The molecule has 33 heavy (non-hydrogen) atoms. The van der Waals surface area contributed by atoms with Crippen molar-refractivity contribution in [1.82, 2.24) is 9.88 Å². The zero-order chi connectivity index (χ0) is 22.9. The van der Waals surface area contributed by atoms with Gasteiger partial charge in [-0.25, -0.2) is 4.98 Å². The van der Waals surface area contributed by atoms with E-state index >= 15 is 0 Å². The lowest BCUT2D eigenvalue weighted by Gasteiger charge is -2.37. The molecule has 3 aromatic carbocycles. The molecule has 1 aliphatic heterocycles. The van der Waals surface area contributed by atoms with Crippen LogP contribution in [0.15, 0.2) is 77.3 Å². The minimum Gasteiger partial charge on any atom is -0.368 e. The Hall–Kier alpha value is -3.18. The van der Waals surface area contributed by atoms with E-state index in [1.165, 1.54) is 16.8 Å². The first-order valence-corrected chi connectivity index (χ1v) is 12.1. The third-order valence-corrected chi connectivity index (χ3v) is 7.04. The zero-order valence-corrected chi connectivity index (χ0v) is 20.5. The van der Waals surface area contributed by atoms with Crippen LogP contribution in [0.3, 0.4) is 0 Å². The molecule has 1 aliphatic rings. The van der Waals surface area contributed by atoms with Crippen molar-refractivity contribution in [2.24, 2.45) is 0 Å². The maximum atomic E-state index is 13.7. The van der Waals surface area contributed by atoms with Crippen LogP contribution < -0.4 is 4.90 Å². The van der Waals surface area contributed by atoms with Crippen LogP contribution in [0.5, 0.6) is 0 Å². The summed E-state index contributed by atoms with van der Waals surface area (Å²) in [6.45, 7) is 7.39. The minimum atomic E-state index is 0.0745. The first kappa shape index (κ1) is 21.7. The van der Waals surface area contributed by atoms with Gasteiger partial charge in [-0.05, 0) is 55.3 Å². The van der Waals surface area contributed by atoms with Crippen molar-refractivity contribution in [2.45, 2.75) is 13.8 Å². The Kier molecular flexibility index (Phi) is 5.90. The molecule has 0 N–H and O–H groups in total. The third kappa shape index (κ3) is 4.25. The number of piperazine rings is 1. The summed E-state index contributed by atoms with van der Waals surface area (Å²) in [5.41, 5.74) is 7.25. The Balaban J connectivity index is 1.44. The molecule has 2 heterocycles. The van der Waals surface area contributed by atoms with Crippen LogP contribution in [-0.4, -0.2) is 42.0 Å². The average Bonchev–Trinajstić information content (AvgIpc) is 2.85. The lowest BCUT2D eigenvalue weighted by molar-refractivity contribution is 0.0748. The number of halogens is 1. The van der Waals surface area contributed by atoms with E-state index in [1.807, 2.05) is 59.5 Å². The molecule has 0 bridgehead atoms. The van der Waals surface area contributed by atoms with Gasteiger partial charge in [0.1, 0.15) is 0 Å². The molecule has 0 unspecified atom stereocenters. The fraction of sp³-hybridized carbons (Fsp3) is 0.214. The van der Waals surface area contributed by atoms with Crippen LogP contribution in [0, 0.1) is 13.8 Å². The van der Waals surface area contributed by atoms with Gasteiger partial charge in [0.2, 0.25) is 0 Å². The van der Waals surface area contributed by atoms with Crippen LogP contribution in [-0.2, 0) is 0 Å². The van der Waals surface area contributed by atoms with Crippen molar-refractivity contribution in [1.29, 1.82) is 0 Å². The summed E-state index contributed by atoms with van der Waals surface area (Å²) in [6, 6.07) is 24.3. The van der Waals surface area contributed by atoms with Crippen LogP contribution in [0.25, 0.3) is 22.2 Å². The summed E-state index contributed by atoms with van der Waals surface area (Å²) in [5, 5.41) is 0.901. The van der Waals surface area contributed by atoms with Crippen LogP contribution in [0.2, 0.25) is 0 Å². The lowest BCUT2D eigenvalue weighted by atomic mass is 10.0. The van der Waals surface area contributed by atoms with Gasteiger partial charge in [0.15, 0.2) is 0 Å². The van der Waals surface area contributed by atoms with Gasteiger partial charge in [-0.2, -0.15) is 0 Å². The minimum absolute atomic E-state index is 0.0745. The fourth-order valence-corrected chi connectivity index (χ4v) is 4.95. The third-order valence-electron chi connectivity index (χ3n) is 6.55. The van der Waals surface area contributed by atoms with Gasteiger partial charge in [0.05, 0.1) is 16.8 Å². The van der Waals surface area contributed by atoms with E-state index in [0.29, 0.717) is 13.1 Å². The molecule has 5 heteroatoms. The van der Waals surface area contributed by atoms with Gasteiger partial charge < -0.3 is 9.80 Å². The Labute approximate surface area is 203 Å². The predicted molar refractivity (Wildman–Crippen MR) is 139 cm³/mol. The highest BCUT2D eigenvalue weighted by atomic mass is 79.9. The second kappa shape index (κ2) is 8.99. The second-order valence-corrected chi connectivity index (χ2v) is 9.50. The van der Waals surface area contributed by atoms with Crippen LogP contribution in [0.1, 0.15) is 21.5 Å². The van der Waals surface area contributed by atoms with Crippen LogP contribution in [0.4, 0.5) is 5.69 Å². The second-order valence-electron chi connectivity index (χ2n) is 8.58. The van der Waals surface area contributed by atoms with E-state index in [4.69, 9.17) is 4.98 Å². The molecule has 1 aromatic heterocycles. The summed E-state index contributed by atoms with van der Waals surface area (Å²) >= 11 is 3.55. The highest BCUT2D eigenvalue weighted by Gasteiger charge is 2.25. The molecule has 0 radical (unpaired) electrons. The molecular formula is C28H26BrN3O. The number of hydrogen-bond donors (Lipinski definition) is 0. The van der Waals surface area contributed by atoms with Gasteiger partial charge in [0.25, 0.3) is 5.91 Å². The van der Waals surface area contributed by atoms with Crippen molar-refractivity contribution >= 4 is 38.4 Å². The molecule has 1 amide bonds. The zero-order valence-electron chi connectivity index (χ0n) is 18.9. The molecule has 0 aliphatic carbocycles. The molecule has 1 saturated heterocycles. The molecule has 4 nitrogen and oxygen atoms in total. The molecule has 4 aromatic rings. The number of para-hydroxylation sites is 1. The van der Waals surface area contributed by atoms with Gasteiger partial charge in [0, 0.05) is 47.3 Å². The van der Waals surface area contributed by atoms with Gasteiger partial charge in [-0.3, -0.25) is 4.79 Å². The maximum absolute atomic E-state index is 13.7. The quantitative estimate of drug-likeness (QED) is 0.334. The SMILES string of the molecule is Cc1cccc(N2CCN(C(=O)c3cc(-c4cccc(Br)c4)nc4ccccc34)CC2)c1C. The highest BCUT2D eigenvalue weighted by molar-refractivity contribution is 9.10. The Morgan fingerprint density at radius 3 is 2.42 bits per heavy atom. The number of fused-ring (bicyclic) bond motifs is 1. The van der Waals surface area contributed by atoms with Crippen LogP contribution >= 0.6 is 15.9 Å². The van der Waals surface area contributed by atoms with E-state index in [0.717, 1.165) is 45.3 Å². The number of carbonyl (C=O) groups is 1. The number of carbonyl (C=O) groups excluding carboxylic acids is 1. The van der Waals surface area contributed by atoms with E-state index < -0.39 is 0 Å². The summed E-state index contributed by atoms with van der Waals surface area (Å²) < 4.78 is 0.991. The summed E-state index contributed by atoms with van der Waals surface area (Å²) in [5.74, 6) is 0.0745. The Morgan fingerprint density at radius 2 is 1.64 bits per heavy atom. The molecule has 166 valence electrons. The largest absolute Gasteiger partial charge is 0.368 e. The summed E-state index contributed by atoms with van der Waals surface area (Å²) in [4.78, 5) is 22.9. The number of benzene rings is 3. The first-order chi connectivity index (χ1) is 16.0. The van der Waals surface area contributed by atoms with E-state index in [9.17, 15) is 4.79 Å². The molecule has 1 fully saturated rings. The van der Waals surface area contributed by atoms with Crippen molar-refractivity contribution in [3.63, 3.8) is 0 Å². The Morgan fingerprint density at radius 1 is 0.879 bits per heavy atom. The van der Waals surface area contributed by atoms with Gasteiger partial charge >= 0.3 is 0 Å². The monoisotopic (exact) mass is 499 g/mol. The molecule has 5 rings (SSSR count). The summed E-state index contributed by atoms with van der Waals surface area (Å²) in [6.07, 6.45) is 0. The number of rotatable bonds is 3. The smallest absolute Gasteiger partial charge is 0.254 e. The van der Waals surface area contributed by atoms with Crippen molar-refractivity contribution in [3.8, 4) is 11.3 Å². The number of nitrogens with zero attached hydrogens (tertiary/aromatic N) is 3. The summed E-state index contributed by atoms with van der Waals surface area (Å²) in [7, 11) is 0.